The predicted molar refractivity (Wildman–Crippen MR) is 127 cm³/mol. The van der Waals surface area contributed by atoms with Crippen LogP contribution in [-0.4, -0.2) is 49.1 Å². The van der Waals surface area contributed by atoms with E-state index in [1.165, 1.54) is 6.07 Å². The summed E-state index contributed by atoms with van der Waals surface area (Å²) in [6.45, 7) is 1.74. The number of carbonyl (C=O) groups excluding carboxylic acids is 2. The van der Waals surface area contributed by atoms with Gasteiger partial charge in [0.1, 0.15) is 5.75 Å². The molecule has 6 nitrogen and oxygen atoms in total. The molecule has 2 fully saturated rings. The molecular formula is C27H33FN2O4. The van der Waals surface area contributed by atoms with Gasteiger partial charge in [0.05, 0.1) is 13.7 Å². The number of nitrogens with zero attached hydrogens (tertiary/aromatic N) is 1. The average Bonchev–Trinajstić information content (AvgIpc) is 3.23. The molecule has 7 heteroatoms. The topological polar surface area (TPSA) is 67.9 Å². The highest BCUT2D eigenvalue weighted by molar-refractivity contribution is 5.80. The number of benzene rings is 2. The van der Waals surface area contributed by atoms with Crippen molar-refractivity contribution < 1.29 is 23.5 Å². The zero-order valence-electron chi connectivity index (χ0n) is 19.7. The summed E-state index contributed by atoms with van der Waals surface area (Å²) in [4.78, 5) is 27.1. The first-order valence-electron chi connectivity index (χ1n) is 12.1. The number of nitrogens with one attached hydrogen (secondary N) is 1. The maximum absolute atomic E-state index is 13.8. The zero-order chi connectivity index (χ0) is 24.0. The molecule has 2 amide bonds. The first-order valence-corrected chi connectivity index (χ1v) is 12.1. The second kappa shape index (κ2) is 10.9. The Kier molecular flexibility index (Phi) is 7.70. The van der Waals surface area contributed by atoms with E-state index in [2.05, 4.69) is 5.32 Å². The smallest absolute Gasteiger partial charge is 0.222 e. The molecular weight excluding hydrogens is 435 g/mol. The zero-order valence-corrected chi connectivity index (χ0v) is 19.7. The normalized spacial score (nSPS) is 22.4. The largest absolute Gasteiger partial charge is 0.497 e. The standard InChI is InChI=1S/C27H33FN2O4/c1-33-22-10-8-20(9-11-22)17-27(14-12-25(31)29-27)15-13-26(32)30-16-4-5-21(18-30)19-34-24-7-3-2-6-23(24)28/h2-3,6-11,21H,4-5,12-19H2,1H3,(H,29,31)/t21-,27-/m0/s1. The fraction of sp³-hybridized carbons (Fsp3) is 0.481. The predicted octanol–water partition coefficient (Wildman–Crippen LogP) is 4.12. The number of halogens is 1. The van der Waals surface area contributed by atoms with E-state index in [4.69, 9.17) is 9.47 Å². The third-order valence-corrected chi connectivity index (χ3v) is 6.94. The third-order valence-electron chi connectivity index (χ3n) is 6.94. The van der Waals surface area contributed by atoms with Gasteiger partial charge >= 0.3 is 0 Å². The van der Waals surface area contributed by atoms with Gasteiger partial charge in [0.2, 0.25) is 11.8 Å². The Labute approximate surface area is 200 Å². The van der Waals surface area contributed by atoms with Crippen molar-refractivity contribution in [1.29, 1.82) is 0 Å². The van der Waals surface area contributed by atoms with Crippen molar-refractivity contribution in [2.75, 3.05) is 26.8 Å². The van der Waals surface area contributed by atoms with Crippen LogP contribution in [0.3, 0.4) is 0 Å². The second-order valence-corrected chi connectivity index (χ2v) is 9.44. The molecule has 1 N–H and O–H groups in total. The van der Waals surface area contributed by atoms with Crippen molar-refractivity contribution in [2.24, 2.45) is 5.92 Å². The number of amides is 2. The Morgan fingerprint density at radius 3 is 2.71 bits per heavy atom. The molecule has 0 aromatic heterocycles. The molecule has 4 rings (SSSR count). The molecule has 0 aliphatic carbocycles. The summed E-state index contributed by atoms with van der Waals surface area (Å²) in [7, 11) is 1.64. The fourth-order valence-corrected chi connectivity index (χ4v) is 5.02. The van der Waals surface area contributed by atoms with E-state index >= 15 is 0 Å². The molecule has 0 spiro atoms. The van der Waals surface area contributed by atoms with Gasteiger partial charge in [-0.2, -0.15) is 0 Å². The van der Waals surface area contributed by atoms with Gasteiger partial charge in [-0.05, 0) is 61.9 Å². The molecule has 182 valence electrons. The lowest BCUT2D eigenvalue weighted by Gasteiger charge is -2.34. The minimum Gasteiger partial charge on any atom is -0.497 e. The minimum atomic E-state index is -0.398. The summed E-state index contributed by atoms with van der Waals surface area (Å²) < 4.78 is 24.8. The summed E-state index contributed by atoms with van der Waals surface area (Å²) in [5.41, 5.74) is 0.712. The lowest BCUT2D eigenvalue weighted by atomic mass is 9.84. The summed E-state index contributed by atoms with van der Waals surface area (Å²) in [5.74, 6) is 1.00. The van der Waals surface area contributed by atoms with Crippen LogP contribution in [0.4, 0.5) is 4.39 Å². The third kappa shape index (κ3) is 6.07. The van der Waals surface area contributed by atoms with E-state index in [0.29, 0.717) is 38.8 Å². The fourth-order valence-electron chi connectivity index (χ4n) is 5.02. The minimum absolute atomic E-state index is 0.0456. The van der Waals surface area contributed by atoms with E-state index in [1.54, 1.807) is 25.3 Å². The number of likely N-dealkylation sites (tertiary alicyclic amines) is 1. The van der Waals surface area contributed by atoms with Crippen LogP contribution in [0.2, 0.25) is 0 Å². The van der Waals surface area contributed by atoms with Gasteiger partial charge < -0.3 is 19.7 Å². The highest BCUT2D eigenvalue weighted by atomic mass is 19.1. The number of methoxy groups -OCH3 is 1. The molecule has 0 radical (unpaired) electrons. The van der Waals surface area contributed by atoms with Crippen molar-refractivity contribution in [3.63, 3.8) is 0 Å². The van der Waals surface area contributed by atoms with Crippen LogP contribution in [-0.2, 0) is 16.0 Å². The molecule has 2 aliphatic heterocycles. The maximum Gasteiger partial charge on any atom is 0.222 e. The number of hydrogen-bond donors (Lipinski definition) is 1. The van der Waals surface area contributed by atoms with E-state index in [-0.39, 0.29) is 29.3 Å². The van der Waals surface area contributed by atoms with Crippen LogP contribution < -0.4 is 14.8 Å². The number of para-hydroxylation sites is 1. The molecule has 2 aliphatic rings. The van der Waals surface area contributed by atoms with E-state index in [1.807, 2.05) is 29.2 Å². The van der Waals surface area contributed by atoms with Crippen molar-refractivity contribution in [2.45, 2.75) is 50.5 Å². The molecule has 0 bridgehead atoms. The molecule has 2 aromatic carbocycles. The van der Waals surface area contributed by atoms with Crippen LogP contribution in [0.1, 0.15) is 44.1 Å². The Balaban J connectivity index is 1.32. The quantitative estimate of drug-likeness (QED) is 0.601. The molecule has 2 saturated heterocycles. The Morgan fingerprint density at radius 2 is 2.00 bits per heavy atom. The highest BCUT2D eigenvalue weighted by Crippen LogP contribution is 2.31. The second-order valence-electron chi connectivity index (χ2n) is 9.44. The molecule has 2 atom stereocenters. The maximum atomic E-state index is 13.8. The highest BCUT2D eigenvalue weighted by Gasteiger charge is 2.38. The first kappa shape index (κ1) is 24.0. The Bertz CT molecular complexity index is 996. The molecule has 2 aromatic rings. The Hall–Kier alpha value is -3.09. The lowest BCUT2D eigenvalue weighted by Crippen LogP contribution is -2.46. The van der Waals surface area contributed by atoms with Gasteiger partial charge in [0.15, 0.2) is 11.6 Å². The summed E-state index contributed by atoms with van der Waals surface area (Å²) >= 11 is 0. The van der Waals surface area contributed by atoms with Crippen LogP contribution in [0.15, 0.2) is 48.5 Å². The Morgan fingerprint density at radius 1 is 1.21 bits per heavy atom. The van der Waals surface area contributed by atoms with E-state index in [9.17, 15) is 14.0 Å². The SMILES string of the molecule is COc1ccc(C[C@@]2(CCC(=O)N3CCC[C@H](COc4ccccc4F)C3)CCC(=O)N2)cc1. The molecule has 0 unspecified atom stereocenters. The number of piperidine rings is 1. The summed E-state index contributed by atoms with van der Waals surface area (Å²) in [6.07, 6.45) is 4.76. The van der Waals surface area contributed by atoms with Crippen LogP contribution in [0.25, 0.3) is 0 Å². The molecule has 34 heavy (non-hydrogen) atoms. The van der Waals surface area contributed by atoms with Gasteiger partial charge in [-0.3, -0.25) is 9.59 Å². The number of rotatable bonds is 9. The van der Waals surface area contributed by atoms with Gasteiger partial charge in [-0.15, -0.1) is 0 Å². The van der Waals surface area contributed by atoms with Crippen molar-refractivity contribution in [1.82, 2.24) is 10.2 Å². The van der Waals surface area contributed by atoms with E-state index < -0.39 is 5.54 Å². The van der Waals surface area contributed by atoms with Crippen LogP contribution >= 0.6 is 0 Å². The van der Waals surface area contributed by atoms with E-state index in [0.717, 1.165) is 37.1 Å². The number of hydrogen-bond acceptors (Lipinski definition) is 4. The first-order chi connectivity index (χ1) is 16.5. The van der Waals surface area contributed by atoms with Crippen molar-refractivity contribution in [3.8, 4) is 11.5 Å². The van der Waals surface area contributed by atoms with Gasteiger partial charge in [-0.1, -0.05) is 24.3 Å². The molecule has 2 heterocycles. The van der Waals surface area contributed by atoms with Gasteiger partial charge in [0, 0.05) is 37.4 Å². The summed E-state index contributed by atoms with van der Waals surface area (Å²) in [6, 6.07) is 14.3. The molecule has 0 saturated carbocycles. The van der Waals surface area contributed by atoms with Crippen LogP contribution in [0, 0.1) is 11.7 Å². The number of carbonyl (C=O) groups is 2. The number of ether oxygens (including phenoxy) is 2. The van der Waals surface area contributed by atoms with Gasteiger partial charge in [-0.25, -0.2) is 4.39 Å². The van der Waals surface area contributed by atoms with Crippen molar-refractivity contribution >= 4 is 11.8 Å². The average molecular weight is 469 g/mol. The summed E-state index contributed by atoms with van der Waals surface area (Å²) in [5, 5.41) is 3.16. The van der Waals surface area contributed by atoms with Crippen molar-refractivity contribution in [3.05, 3.63) is 59.9 Å². The van der Waals surface area contributed by atoms with Gasteiger partial charge in [0.25, 0.3) is 0 Å². The van der Waals surface area contributed by atoms with Crippen LogP contribution in [0.5, 0.6) is 11.5 Å². The lowest BCUT2D eigenvalue weighted by molar-refractivity contribution is -0.134. The monoisotopic (exact) mass is 468 g/mol.